The molecule has 31 heavy (non-hydrogen) atoms. The topological polar surface area (TPSA) is 62.0 Å². The predicted octanol–water partition coefficient (Wildman–Crippen LogP) is 5.67. The zero-order valence-corrected chi connectivity index (χ0v) is 19.4. The van der Waals surface area contributed by atoms with Crippen molar-refractivity contribution in [2.75, 3.05) is 13.1 Å². The number of hydrogen-bond acceptors (Lipinski definition) is 3. The third-order valence-electron chi connectivity index (χ3n) is 7.00. The lowest BCUT2D eigenvalue weighted by Crippen LogP contribution is -2.34. The number of sulfone groups is 1. The van der Waals surface area contributed by atoms with Gasteiger partial charge in [-0.25, -0.2) is 8.42 Å². The molecule has 0 aliphatic carbocycles. The molecule has 0 saturated carbocycles. The van der Waals surface area contributed by atoms with Gasteiger partial charge in [-0.2, -0.15) is 0 Å². The molecule has 3 aromatic rings. The van der Waals surface area contributed by atoms with Crippen LogP contribution in [0.2, 0.25) is 0 Å². The maximum Gasteiger partial charge on any atom is 0.183 e. The molecular weight excluding hydrogens is 404 g/mol. The minimum absolute atomic E-state index is 0.421. The molecule has 1 saturated heterocycles. The number of nitrogens with one attached hydrogen (secondary N) is 2. The molecule has 2 N–H and O–H groups in total. The minimum atomic E-state index is -3.37. The summed E-state index contributed by atoms with van der Waals surface area (Å²) in [6.07, 6.45) is 7.15. The van der Waals surface area contributed by atoms with Crippen LogP contribution in [-0.2, 0) is 9.84 Å². The first-order valence-corrected chi connectivity index (χ1v) is 12.9. The molecule has 1 aliphatic heterocycles. The van der Waals surface area contributed by atoms with Crippen molar-refractivity contribution in [1.82, 2.24) is 10.3 Å². The first-order valence-electron chi connectivity index (χ1n) is 11.5. The van der Waals surface area contributed by atoms with Gasteiger partial charge >= 0.3 is 0 Å². The fourth-order valence-electron chi connectivity index (χ4n) is 5.07. The number of benzene rings is 2. The fourth-order valence-corrected chi connectivity index (χ4v) is 6.64. The second-order valence-corrected chi connectivity index (χ2v) is 12.1. The van der Waals surface area contributed by atoms with Crippen LogP contribution < -0.4 is 5.32 Å². The van der Waals surface area contributed by atoms with Gasteiger partial charge in [0.15, 0.2) is 9.84 Å². The predicted molar refractivity (Wildman–Crippen MR) is 128 cm³/mol. The van der Waals surface area contributed by atoms with Crippen molar-refractivity contribution in [2.45, 2.75) is 61.5 Å². The van der Waals surface area contributed by atoms with E-state index in [-0.39, 0.29) is 0 Å². The number of H-pyrrole nitrogens is 1. The van der Waals surface area contributed by atoms with Gasteiger partial charge in [-0.15, -0.1) is 0 Å². The van der Waals surface area contributed by atoms with E-state index in [2.05, 4.69) is 40.8 Å². The van der Waals surface area contributed by atoms with Gasteiger partial charge in [-0.05, 0) is 88.2 Å². The standard InChI is InChI=1S/C26H34N2O2S/c1-26(2,31(29,30)21-11-4-3-5-12-21)16-8-14-22(20-10-9-17-27-18-20)24-19-28-25-15-7-6-13-23(24)25/h3-7,11-13,15,19-20,22,27-28H,8-10,14,16-18H2,1-2H3. The zero-order valence-electron chi connectivity index (χ0n) is 18.6. The van der Waals surface area contributed by atoms with Crippen molar-refractivity contribution in [3.63, 3.8) is 0 Å². The lowest BCUT2D eigenvalue weighted by Gasteiger charge is -2.32. The number of piperidine rings is 1. The summed E-state index contributed by atoms with van der Waals surface area (Å²) < 4.78 is 25.7. The Morgan fingerprint density at radius 3 is 2.55 bits per heavy atom. The molecule has 0 spiro atoms. The first-order chi connectivity index (χ1) is 14.9. The first kappa shape index (κ1) is 22.1. The van der Waals surface area contributed by atoms with Crippen LogP contribution in [0.15, 0.2) is 65.7 Å². The normalized spacial score (nSPS) is 18.8. The van der Waals surface area contributed by atoms with Crippen LogP contribution in [-0.4, -0.2) is 31.2 Å². The van der Waals surface area contributed by atoms with Crippen LogP contribution in [0.1, 0.15) is 57.4 Å². The molecule has 0 bridgehead atoms. The van der Waals surface area contributed by atoms with E-state index in [1.165, 1.54) is 29.3 Å². The molecule has 2 aromatic carbocycles. The molecule has 4 rings (SSSR count). The molecule has 1 fully saturated rings. The van der Waals surface area contributed by atoms with E-state index in [1.54, 1.807) is 24.3 Å². The Hall–Kier alpha value is -2.11. The second kappa shape index (κ2) is 9.17. The van der Waals surface area contributed by atoms with E-state index < -0.39 is 14.6 Å². The van der Waals surface area contributed by atoms with E-state index >= 15 is 0 Å². The number of para-hydroxylation sites is 1. The van der Waals surface area contributed by atoms with Gasteiger partial charge in [0, 0.05) is 17.1 Å². The maximum absolute atomic E-state index is 13.2. The minimum Gasteiger partial charge on any atom is -0.361 e. The number of rotatable bonds is 8. The Labute approximate surface area is 186 Å². The highest BCUT2D eigenvalue weighted by atomic mass is 32.2. The number of fused-ring (bicyclic) bond motifs is 1. The highest BCUT2D eigenvalue weighted by molar-refractivity contribution is 7.92. The Bertz CT molecular complexity index is 1100. The van der Waals surface area contributed by atoms with Crippen molar-refractivity contribution in [3.8, 4) is 0 Å². The quantitative estimate of drug-likeness (QED) is 0.476. The molecular formula is C26H34N2O2S. The SMILES string of the molecule is CC(C)(CCCC(c1c[nH]c2ccccc12)C1CCCNC1)S(=O)(=O)c1ccccc1. The average molecular weight is 439 g/mol. The monoisotopic (exact) mass is 438 g/mol. The summed E-state index contributed by atoms with van der Waals surface area (Å²) in [6.45, 7) is 5.88. The largest absolute Gasteiger partial charge is 0.361 e. The number of aromatic amines is 1. The fraction of sp³-hybridized carbons (Fsp3) is 0.462. The van der Waals surface area contributed by atoms with Crippen molar-refractivity contribution >= 4 is 20.7 Å². The molecule has 2 unspecified atom stereocenters. The van der Waals surface area contributed by atoms with E-state index in [0.717, 1.165) is 25.9 Å². The number of aromatic nitrogens is 1. The Morgan fingerprint density at radius 1 is 1.06 bits per heavy atom. The highest BCUT2D eigenvalue weighted by Crippen LogP contribution is 2.39. The summed E-state index contributed by atoms with van der Waals surface area (Å²) in [5, 5.41) is 4.87. The smallest absolute Gasteiger partial charge is 0.183 e. The van der Waals surface area contributed by atoms with E-state index in [4.69, 9.17) is 0 Å². The molecule has 1 aliphatic rings. The van der Waals surface area contributed by atoms with Gasteiger partial charge in [0.25, 0.3) is 0 Å². The van der Waals surface area contributed by atoms with Crippen LogP contribution in [0.5, 0.6) is 0 Å². The number of hydrogen-bond donors (Lipinski definition) is 2. The van der Waals surface area contributed by atoms with E-state index in [1.807, 2.05) is 19.9 Å². The molecule has 0 radical (unpaired) electrons. The Morgan fingerprint density at radius 2 is 1.81 bits per heavy atom. The van der Waals surface area contributed by atoms with Gasteiger partial charge in [0.2, 0.25) is 0 Å². The van der Waals surface area contributed by atoms with Gasteiger partial charge in [0.05, 0.1) is 9.64 Å². The van der Waals surface area contributed by atoms with E-state index in [9.17, 15) is 8.42 Å². The Kier molecular flexibility index (Phi) is 6.54. The third kappa shape index (κ3) is 4.58. The third-order valence-corrected chi connectivity index (χ3v) is 9.55. The average Bonchev–Trinajstić information content (AvgIpc) is 3.22. The van der Waals surface area contributed by atoms with Crippen molar-refractivity contribution < 1.29 is 8.42 Å². The summed E-state index contributed by atoms with van der Waals surface area (Å²) in [7, 11) is -3.37. The Balaban J connectivity index is 1.53. The summed E-state index contributed by atoms with van der Waals surface area (Å²) in [5.41, 5.74) is 2.56. The maximum atomic E-state index is 13.2. The van der Waals surface area contributed by atoms with Crippen molar-refractivity contribution in [1.29, 1.82) is 0 Å². The van der Waals surface area contributed by atoms with Crippen LogP contribution in [0.25, 0.3) is 10.9 Å². The van der Waals surface area contributed by atoms with Gasteiger partial charge in [-0.3, -0.25) is 0 Å². The molecule has 2 heterocycles. The van der Waals surface area contributed by atoms with Crippen LogP contribution in [0.4, 0.5) is 0 Å². The van der Waals surface area contributed by atoms with E-state index in [0.29, 0.717) is 23.2 Å². The lowest BCUT2D eigenvalue weighted by atomic mass is 9.78. The van der Waals surface area contributed by atoms with Crippen LogP contribution in [0, 0.1) is 5.92 Å². The summed E-state index contributed by atoms with van der Waals surface area (Å²) in [5.74, 6) is 1.01. The van der Waals surface area contributed by atoms with Gasteiger partial charge < -0.3 is 10.3 Å². The summed E-state index contributed by atoms with van der Waals surface area (Å²) in [4.78, 5) is 3.86. The molecule has 2 atom stereocenters. The lowest BCUT2D eigenvalue weighted by molar-refractivity contribution is 0.305. The molecule has 1 aromatic heterocycles. The molecule has 166 valence electrons. The highest BCUT2D eigenvalue weighted by Gasteiger charge is 2.36. The molecule has 4 nitrogen and oxygen atoms in total. The van der Waals surface area contributed by atoms with Crippen molar-refractivity contribution in [2.24, 2.45) is 5.92 Å². The van der Waals surface area contributed by atoms with Gasteiger partial charge in [-0.1, -0.05) is 42.8 Å². The van der Waals surface area contributed by atoms with Crippen LogP contribution >= 0.6 is 0 Å². The molecule has 0 amide bonds. The summed E-state index contributed by atoms with van der Waals surface area (Å²) >= 11 is 0. The van der Waals surface area contributed by atoms with Gasteiger partial charge in [0.1, 0.15) is 0 Å². The second-order valence-electron chi connectivity index (χ2n) is 9.47. The van der Waals surface area contributed by atoms with Crippen LogP contribution in [0.3, 0.4) is 0 Å². The molecule has 5 heteroatoms. The summed E-state index contributed by atoms with van der Waals surface area (Å²) in [6, 6.07) is 17.4. The van der Waals surface area contributed by atoms with Crippen molar-refractivity contribution in [3.05, 3.63) is 66.4 Å². The zero-order chi connectivity index (χ0) is 21.9.